The number of aromatic nitrogens is 4. The fourth-order valence-electron chi connectivity index (χ4n) is 2.27. The van der Waals surface area contributed by atoms with E-state index in [2.05, 4.69) is 20.4 Å². The van der Waals surface area contributed by atoms with E-state index >= 15 is 0 Å². The number of rotatable bonds is 5. The van der Waals surface area contributed by atoms with Crippen molar-refractivity contribution in [1.29, 1.82) is 0 Å². The van der Waals surface area contributed by atoms with E-state index in [1.54, 1.807) is 44.2 Å². The van der Waals surface area contributed by atoms with Gasteiger partial charge in [-0.1, -0.05) is 11.6 Å². The molecule has 2 heterocycles. The van der Waals surface area contributed by atoms with Gasteiger partial charge in [-0.05, 0) is 38.1 Å². The van der Waals surface area contributed by atoms with E-state index in [0.717, 1.165) is 0 Å². The SMILES string of the molecule is Cc1cc(=O)[nH]c(-n2nc(C)cc2NC(=O)COc2ccc(Cl)cc2)n1. The Morgan fingerprint density at radius 3 is 2.65 bits per heavy atom. The van der Waals surface area contributed by atoms with Crippen molar-refractivity contribution in [3.05, 3.63) is 63.2 Å². The first-order chi connectivity index (χ1) is 12.4. The summed E-state index contributed by atoms with van der Waals surface area (Å²) in [6.07, 6.45) is 0. The maximum absolute atomic E-state index is 12.2. The van der Waals surface area contributed by atoms with Gasteiger partial charge in [0.25, 0.3) is 11.5 Å². The summed E-state index contributed by atoms with van der Waals surface area (Å²) in [5.41, 5.74) is 0.896. The summed E-state index contributed by atoms with van der Waals surface area (Å²) in [6.45, 7) is 3.28. The van der Waals surface area contributed by atoms with E-state index in [-0.39, 0.29) is 24.0 Å². The second-order valence-corrected chi connectivity index (χ2v) is 6.02. The van der Waals surface area contributed by atoms with E-state index in [9.17, 15) is 9.59 Å². The van der Waals surface area contributed by atoms with Gasteiger partial charge in [-0.25, -0.2) is 4.98 Å². The topological polar surface area (TPSA) is 102 Å². The summed E-state index contributed by atoms with van der Waals surface area (Å²) in [6, 6.07) is 9.73. The zero-order valence-corrected chi connectivity index (χ0v) is 14.9. The van der Waals surface area contributed by atoms with Crippen molar-refractivity contribution in [1.82, 2.24) is 19.7 Å². The second kappa shape index (κ2) is 7.40. The van der Waals surface area contributed by atoms with Crippen molar-refractivity contribution in [2.45, 2.75) is 13.8 Å². The number of H-pyrrole nitrogens is 1. The second-order valence-electron chi connectivity index (χ2n) is 5.58. The van der Waals surface area contributed by atoms with Gasteiger partial charge >= 0.3 is 0 Å². The first kappa shape index (κ1) is 17.7. The average Bonchev–Trinajstić information content (AvgIpc) is 2.94. The molecular weight excluding hydrogens is 358 g/mol. The van der Waals surface area contributed by atoms with Gasteiger partial charge in [0.2, 0.25) is 5.95 Å². The molecule has 2 aromatic heterocycles. The number of nitrogens with one attached hydrogen (secondary N) is 2. The van der Waals surface area contributed by atoms with Crippen LogP contribution in [0.2, 0.25) is 5.02 Å². The van der Waals surface area contributed by atoms with Crippen LogP contribution in [0.1, 0.15) is 11.4 Å². The Balaban J connectivity index is 1.74. The predicted molar refractivity (Wildman–Crippen MR) is 97.0 cm³/mol. The molecule has 0 aliphatic rings. The fourth-order valence-corrected chi connectivity index (χ4v) is 2.40. The minimum Gasteiger partial charge on any atom is -0.484 e. The van der Waals surface area contributed by atoms with Crippen LogP contribution >= 0.6 is 11.6 Å². The molecule has 2 N–H and O–H groups in total. The van der Waals surface area contributed by atoms with E-state index in [1.165, 1.54) is 10.7 Å². The smallest absolute Gasteiger partial charge is 0.263 e. The number of ether oxygens (including phenoxy) is 1. The molecule has 134 valence electrons. The molecule has 0 saturated heterocycles. The van der Waals surface area contributed by atoms with E-state index in [0.29, 0.717) is 28.0 Å². The van der Waals surface area contributed by atoms with Crippen molar-refractivity contribution in [2.24, 2.45) is 0 Å². The molecule has 0 bridgehead atoms. The first-order valence-electron chi connectivity index (χ1n) is 7.74. The Bertz CT molecular complexity index is 994. The minimum absolute atomic E-state index is 0.191. The number of carbonyl (C=O) groups excluding carboxylic acids is 1. The highest BCUT2D eigenvalue weighted by molar-refractivity contribution is 6.30. The van der Waals surface area contributed by atoms with Gasteiger partial charge in [0.1, 0.15) is 11.6 Å². The summed E-state index contributed by atoms with van der Waals surface area (Å²) >= 11 is 5.81. The Morgan fingerprint density at radius 2 is 1.96 bits per heavy atom. The third kappa shape index (κ3) is 4.28. The van der Waals surface area contributed by atoms with Gasteiger partial charge in [0.05, 0.1) is 5.69 Å². The van der Waals surface area contributed by atoms with Gasteiger partial charge in [0, 0.05) is 22.8 Å². The molecule has 0 unspecified atom stereocenters. The van der Waals surface area contributed by atoms with E-state index in [4.69, 9.17) is 16.3 Å². The number of anilines is 1. The number of benzene rings is 1. The molecule has 0 radical (unpaired) electrons. The number of amides is 1. The zero-order chi connectivity index (χ0) is 18.7. The highest BCUT2D eigenvalue weighted by Crippen LogP contribution is 2.16. The molecule has 0 atom stereocenters. The van der Waals surface area contributed by atoms with Crippen LogP contribution in [-0.4, -0.2) is 32.3 Å². The number of nitrogens with zero attached hydrogens (tertiary/aromatic N) is 3. The third-order valence-electron chi connectivity index (χ3n) is 3.34. The molecule has 26 heavy (non-hydrogen) atoms. The summed E-state index contributed by atoms with van der Waals surface area (Å²) in [5.74, 6) is 0.744. The van der Waals surface area contributed by atoms with Gasteiger partial charge in [-0.15, -0.1) is 0 Å². The number of hydrogen-bond acceptors (Lipinski definition) is 5. The average molecular weight is 374 g/mol. The van der Waals surface area contributed by atoms with Crippen molar-refractivity contribution in [3.8, 4) is 11.7 Å². The molecule has 1 aromatic carbocycles. The third-order valence-corrected chi connectivity index (χ3v) is 3.59. The Morgan fingerprint density at radius 1 is 1.23 bits per heavy atom. The molecule has 1 amide bonds. The van der Waals surface area contributed by atoms with Gasteiger partial charge in [-0.2, -0.15) is 9.78 Å². The first-order valence-corrected chi connectivity index (χ1v) is 8.12. The quantitative estimate of drug-likeness (QED) is 0.714. The number of aromatic amines is 1. The number of carbonyl (C=O) groups is 1. The lowest BCUT2D eigenvalue weighted by Crippen LogP contribution is -2.23. The van der Waals surface area contributed by atoms with Crippen LogP contribution < -0.4 is 15.6 Å². The molecule has 0 spiro atoms. The maximum Gasteiger partial charge on any atom is 0.263 e. The number of hydrogen-bond donors (Lipinski definition) is 2. The van der Waals surface area contributed by atoms with Crippen molar-refractivity contribution in [2.75, 3.05) is 11.9 Å². The maximum atomic E-state index is 12.2. The Kier molecular flexibility index (Phi) is 5.04. The molecule has 9 heteroatoms. The molecule has 0 aliphatic carbocycles. The van der Waals surface area contributed by atoms with Gasteiger partial charge in [0.15, 0.2) is 6.61 Å². The normalized spacial score (nSPS) is 10.6. The Labute approximate surface area is 153 Å². The summed E-state index contributed by atoms with van der Waals surface area (Å²) < 4.78 is 6.78. The largest absolute Gasteiger partial charge is 0.484 e. The number of aryl methyl sites for hydroxylation is 2. The van der Waals surface area contributed by atoms with Crippen LogP contribution in [-0.2, 0) is 4.79 Å². The molecule has 3 aromatic rings. The van der Waals surface area contributed by atoms with Crippen LogP contribution in [0.15, 0.2) is 41.2 Å². The Hall–Kier alpha value is -3.13. The molecular formula is C17H16ClN5O3. The standard InChI is InChI=1S/C17H16ClN5O3/c1-10-8-15(24)21-17(19-10)23-14(7-11(2)22-23)20-16(25)9-26-13-5-3-12(18)4-6-13/h3-8H,9H2,1-2H3,(H,20,25)(H,19,21,24). The zero-order valence-electron chi connectivity index (χ0n) is 14.1. The van der Waals surface area contributed by atoms with Crippen molar-refractivity contribution >= 4 is 23.3 Å². The molecule has 0 saturated carbocycles. The highest BCUT2D eigenvalue weighted by Gasteiger charge is 2.13. The van der Waals surface area contributed by atoms with Crippen molar-refractivity contribution < 1.29 is 9.53 Å². The van der Waals surface area contributed by atoms with Crippen LogP contribution in [0.4, 0.5) is 5.82 Å². The summed E-state index contributed by atoms with van der Waals surface area (Å²) in [7, 11) is 0. The van der Waals surface area contributed by atoms with Crippen LogP contribution in [0, 0.1) is 13.8 Å². The predicted octanol–water partition coefficient (Wildman–Crippen LogP) is 2.24. The van der Waals surface area contributed by atoms with E-state index < -0.39 is 0 Å². The van der Waals surface area contributed by atoms with Crippen molar-refractivity contribution in [3.63, 3.8) is 0 Å². The number of halogens is 1. The lowest BCUT2D eigenvalue weighted by Gasteiger charge is -2.09. The molecule has 3 rings (SSSR count). The highest BCUT2D eigenvalue weighted by atomic mass is 35.5. The molecule has 0 fully saturated rings. The molecule has 0 aliphatic heterocycles. The van der Waals surface area contributed by atoms with Crippen LogP contribution in [0.25, 0.3) is 5.95 Å². The minimum atomic E-state index is -0.379. The summed E-state index contributed by atoms with van der Waals surface area (Å²) in [4.78, 5) is 30.7. The monoisotopic (exact) mass is 373 g/mol. The molecule has 8 nitrogen and oxygen atoms in total. The lowest BCUT2D eigenvalue weighted by molar-refractivity contribution is -0.118. The van der Waals surface area contributed by atoms with Gasteiger partial charge < -0.3 is 10.1 Å². The fraction of sp³-hybridized carbons (Fsp3) is 0.176. The van der Waals surface area contributed by atoms with Crippen LogP contribution in [0.3, 0.4) is 0 Å². The van der Waals surface area contributed by atoms with E-state index in [1.807, 2.05) is 0 Å². The lowest BCUT2D eigenvalue weighted by atomic mass is 10.3. The summed E-state index contributed by atoms with van der Waals surface area (Å²) in [5, 5.41) is 7.54. The van der Waals surface area contributed by atoms with Gasteiger partial charge in [-0.3, -0.25) is 14.6 Å². The van der Waals surface area contributed by atoms with Crippen LogP contribution in [0.5, 0.6) is 5.75 Å².